The van der Waals surface area contributed by atoms with E-state index in [0.717, 1.165) is 15.8 Å². The molecule has 0 atom stereocenters. The third-order valence-electron chi connectivity index (χ3n) is 3.09. The molecule has 0 amide bonds. The summed E-state index contributed by atoms with van der Waals surface area (Å²) in [5, 5.41) is 20.2. The van der Waals surface area contributed by atoms with Crippen molar-refractivity contribution in [2.24, 2.45) is 0 Å². The summed E-state index contributed by atoms with van der Waals surface area (Å²) in [6, 6.07) is 8.55. The molecule has 4 nitrogen and oxygen atoms in total. The molecule has 2 aromatic heterocycles. The number of aromatic amines is 1. The van der Waals surface area contributed by atoms with Crippen molar-refractivity contribution in [1.29, 1.82) is 5.26 Å². The van der Waals surface area contributed by atoms with Gasteiger partial charge < -0.3 is 10.1 Å². The SMILES string of the molecule is N#Cc1c(SCc2ccc(Cl)c(Cl)c2)sc2c(O)cc(=O)[nH]c12. The first-order valence-corrected chi connectivity index (χ1v) is 8.91. The molecule has 8 heteroatoms. The van der Waals surface area contributed by atoms with E-state index in [1.54, 1.807) is 12.1 Å². The quantitative estimate of drug-likeness (QED) is 0.639. The lowest BCUT2D eigenvalue weighted by Gasteiger charge is -2.02. The highest BCUT2D eigenvalue weighted by Crippen LogP contribution is 2.41. The lowest BCUT2D eigenvalue weighted by atomic mass is 10.2. The molecule has 2 heterocycles. The normalized spacial score (nSPS) is 10.8. The van der Waals surface area contributed by atoms with Crippen LogP contribution in [0.15, 0.2) is 33.3 Å². The number of pyridine rings is 1. The zero-order valence-corrected chi connectivity index (χ0v) is 14.5. The van der Waals surface area contributed by atoms with Crippen molar-refractivity contribution in [2.75, 3.05) is 0 Å². The number of thioether (sulfide) groups is 1. The number of nitrogens with zero attached hydrogens (tertiary/aromatic N) is 1. The second-order valence-corrected chi connectivity index (χ2v) is 7.72. The van der Waals surface area contributed by atoms with E-state index in [9.17, 15) is 15.2 Å². The Labute approximate surface area is 149 Å². The average molecular weight is 383 g/mol. The van der Waals surface area contributed by atoms with Gasteiger partial charge in [-0.25, -0.2) is 0 Å². The molecule has 3 aromatic rings. The number of hydrogen-bond donors (Lipinski definition) is 2. The summed E-state index contributed by atoms with van der Waals surface area (Å²) in [4.78, 5) is 14.1. The summed E-state index contributed by atoms with van der Waals surface area (Å²) in [6.45, 7) is 0. The summed E-state index contributed by atoms with van der Waals surface area (Å²) in [5.41, 5.74) is 1.26. The first-order valence-electron chi connectivity index (χ1n) is 6.35. The van der Waals surface area contributed by atoms with Crippen molar-refractivity contribution in [3.8, 4) is 11.8 Å². The molecule has 0 aliphatic carbocycles. The van der Waals surface area contributed by atoms with Gasteiger partial charge in [0.15, 0.2) is 0 Å². The number of nitrogens with one attached hydrogen (secondary N) is 1. The highest BCUT2D eigenvalue weighted by atomic mass is 35.5. The molecule has 3 rings (SSSR count). The average Bonchev–Trinajstić information content (AvgIpc) is 2.86. The smallest absolute Gasteiger partial charge is 0.252 e. The Morgan fingerprint density at radius 2 is 2.09 bits per heavy atom. The van der Waals surface area contributed by atoms with Gasteiger partial charge in [0.1, 0.15) is 17.4 Å². The molecule has 0 aliphatic heterocycles. The second kappa shape index (κ2) is 6.46. The number of H-pyrrole nitrogens is 1. The number of fused-ring (bicyclic) bond motifs is 1. The minimum atomic E-state index is -0.440. The maximum absolute atomic E-state index is 11.5. The number of halogens is 2. The summed E-state index contributed by atoms with van der Waals surface area (Å²) >= 11 is 14.6. The van der Waals surface area contributed by atoms with E-state index in [1.807, 2.05) is 6.07 Å². The van der Waals surface area contributed by atoms with Crippen LogP contribution in [0.1, 0.15) is 11.1 Å². The summed E-state index contributed by atoms with van der Waals surface area (Å²) < 4.78 is 1.23. The van der Waals surface area contributed by atoms with Gasteiger partial charge in [-0.15, -0.1) is 23.1 Å². The van der Waals surface area contributed by atoms with Crippen LogP contribution in [-0.4, -0.2) is 10.1 Å². The second-order valence-electron chi connectivity index (χ2n) is 4.64. The van der Waals surface area contributed by atoms with Crippen LogP contribution >= 0.6 is 46.3 Å². The molecule has 0 radical (unpaired) electrons. The number of thiophene rings is 1. The largest absolute Gasteiger partial charge is 0.506 e. The van der Waals surface area contributed by atoms with Gasteiger partial charge in [0, 0.05) is 11.8 Å². The minimum absolute atomic E-state index is 0.119. The summed E-state index contributed by atoms with van der Waals surface area (Å²) in [5.74, 6) is 0.468. The third kappa shape index (κ3) is 3.19. The third-order valence-corrected chi connectivity index (χ3v) is 6.38. The highest BCUT2D eigenvalue weighted by Gasteiger charge is 2.16. The topological polar surface area (TPSA) is 76.9 Å². The lowest BCUT2D eigenvalue weighted by molar-refractivity contribution is 0.481. The van der Waals surface area contributed by atoms with Crippen molar-refractivity contribution < 1.29 is 5.11 Å². The number of rotatable bonds is 3. The van der Waals surface area contributed by atoms with Crippen LogP contribution in [0.5, 0.6) is 5.75 Å². The van der Waals surface area contributed by atoms with Gasteiger partial charge >= 0.3 is 0 Å². The molecule has 23 heavy (non-hydrogen) atoms. The zero-order valence-electron chi connectivity index (χ0n) is 11.4. The van der Waals surface area contributed by atoms with Crippen LogP contribution in [0.4, 0.5) is 0 Å². The van der Waals surface area contributed by atoms with Crippen molar-refractivity contribution in [3.63, 3.8) is 0 Å². The summed E-state index contributed by atoms with van der Waals surface area (Å²) in [7, 11) is 0. The minimum Gasteiger partial charge on any atom is -0.506 e. The number of benzene rings is 1. The molecule has 116 valence electrons. The molecule has 2 N–H and O–H groups in total. The molecule has 0 spiro atoms. The monoisotopic (exact) mass is 382 g/mol. The fraction of sp³-hybridized carbons (Fsp3) is 0.0667. The Kier molecular flexibility index (Phi) is 4.55. The molecule has 1 aromatic carbocycles. The molecule has 0 saturated heterocycles. The Bertz CT molecular complexity index is 1010. The molecule has 0 saturated carbocycles. The van der Waals surface area contributed by atoms with E-state index >= 15 is 0 Å². The van der Waals surface area contributed by atoms with Crippen LogP contribution in [0, 0.1) is 11.3 Å². The van der Waals surface area contributed by atoms with Crippen LogP contribution in [0.3, 0.4) is 0 Å². The van der Waals surface area contributed by atoms with Crippen LogP contribution in [0.25, 0.3) is 10.2 Å². The molecule has 0 unspecified atom stereocenters. The van der Waals surface area contributed by atoms with Gasteiger partial charge in [-0.1, -0.05) is 29.3 Å². The van der Waals surface area contributed by atoms with Gasteiger partial charge in [0.25, 0.3) is 5.56 Å². The Balaban J connectivity index is 1.97. The van der Waals surface area contributed by atoms with E-state index in [2.05, 4.69) is 11.1 Å². The van der Waals surface area contributed by atoms with Crippen molar-refractivity contribution >= 4 is 56.5 Å². The molecule has 0 aliphatic rings. The van der Waals surface area contributed by atoms with Gasteiger partial charge in [-0.3, -0.25) is 4.79 Å². The fourth-order valence-electron chi connectivity index (χ4n) is 2.04. The predicted octanol–water partition coefficient (Wildman–Crippen LogP) is 4.77. The maximum atomic E-state index is 11.5. The van der Waals surface area contributed by atoms with Gasteiger partial charge in [-0.05, 0) is 17.7 Å². The van der Waals surface area contributed by atoms with E-state index < -0.39 is 5.56 Å². The lowest BCUT2D eigenvalue weighted by Crippen LogP contribution is -2.02. The van der Waals surface area contributed by atoms with Crippen molar-refractivity contribution in [1.82, 2.24) is 4.98 Å². The van der Waals surface area contributed by atoms with Crippen molar-refractivity contribution in [2.45, 2.75) is 9.96 Å². The van der Waals surface area contributed by atoms with E-state index in [4.69, 9.17) is 23.2 Å². The van der Waals surface area contributed by atoms with E-state index in [1.165, 1.54) is 23.1 Å². The van der Waals surface area contributed by atoms with Crippen LogP contribution in [-0.2, 0) is 5.75 Å². The molecule has 0 bridgehead atoms. The number of nitriles is 1. The number of hydrogen-bond acceptors (Lipinski definition) is 5. The predicted molar refractivity (Wildman–Crippen MR) is 94.8 cm³/mol. The maximum Gasteiger partial charge on any atom is 0.252 e. The zero-order chi connectivity index (χ0) is 16.6. The first kappa shape index (κ1) is 16.2. The van der Waals surface area contributed by atoms with Crippen LogP contribution in [0.2, 0.25) is 10.0 Å². The fourth-order valence-corrected chi connectivity index (χ4v) is 4.65. The van der Waals surface area contributed by atoms with Crippen LogP contribution < -0.4 is 5.56 Å². The highest BCUT2D eigenvalue weighted by molar-refractivity contribution is 8.00. The Hall–Kier alpha value is -1.65. The van der Waals surface area contributed by atoms with Gasteiger partial charge in [0.05, 0.1) is 24.5 Å². The Morgan fingerprint density at radius 3 is 2.78 bits per heavy atom. The number of aromatic hydroxyl groups is 1. The standard InChI is InChI=1S/C15H8Cl2N2O2S2/c16-9-2-1-7(3-10(9)17)6-22-15-8(5-18)13-14(23-15)11(20)4-12(21)19-13/h1-4H,6H2,(H2,19,20,21). The molecular formula is C15H8Cl2N2O2S2. The summed E-state index contributed by atoms with van der Waals surface area (Å²) in [6.07, 6.45) is 0. The number of aromatic nitrogens is 1. The van der Waals surface area contributed by atoms with E-state index in [0.29, 0.717) is 31.6 Å². The van der Waals surface area contributed by atoms with Crippen molar-refractivity contribution in [3.05, 3.63) is 55.8 Å². The van der Waals surface area contributed by atoms with E-state index in [-0.39, 0.29) is 5.75 Å². The molecule has 0 fully saturated rings. The molecular weight excluding hydrogens is 375 g/mol. The van der Waals surface area contributed by atoms with Gasteiger partial charge in [0.2, 0.25) is 0 Å². The first-order chi connectivity index (χ1) is 11.0. The van der Waals surface area contributed by atoms with Gasteiger partial charge in [-0.2, -0.15) is 5.26 Å². The Morgan fingerprint density at radius 1 is 1.30 bits per heavy atom.